The van der Waals surface area contributed by atoms with E-state index in [9.17, 15) is 4.79 Å². The fraction of sp³-hybridized carbons (Fsp3) is 0.857. The van der Waals surface area contributed by atoms with Crippen LogP contribution in [0, 0.1) is 0 Å². The van der Waals surface area contributed by atoms with Gasteiger partial charge in [0.1, 0.15) is 0 Å². The van der Waals surface area contributed by atoms with Gasteiger partial charge in [-0.25, -0.2) is 0 Å². The first-order valence-corrected chi connectivity index (χ1v) is 10.0. The van der Waals surface area contributed by atoms with Crippen molar-refractivity contribution < 1.29 is 9.53 Å². The molecule has 0 atom stereocenters. The predicted octanol–water partition coefficient (Wildman–Crippen LogP) is 6.59. The van der Waals surface area contributed by atoms with Gasteiger partial charge in [0.2, 0.25) is 0 Å². The van der Waals surface area contributed by atoms with Gasteiger partial charge in [0, 0.05) is 36.0 Å². The van der Waals surface area contributed by atoms with Crippen molar-refractivity contribution in [3.05, 3.63) is 12.2 Å². The second kappa shape index (κ2) is 21.3. The molecule has 1 radical (unpaired) electrons. The molecule has 0 heterocycles. The molecule has 0 aliphatic heterocycles. The minimum Gasteiger partial charge on any atom is -0.463 e. The Balaban J connectivity index is 0. The molecule has 24 heavy (non-hydrogen) atoms. The van der Waals surface area contributed by atoms with Crippen molar-refractivity contribution in [2.24, 2.45) is 0 Å². The molecule has 0 spiro atoms. The fourth-order valence-corrected chi connectivity index (χ4v) is 2.66. The van der Waals surface area contributed by atoms with E-state index in [1.54, 1.807) is 0 Å². The van der Waals surface area contributed by atoms with Gasteiger partial charge in [-0.2, -0.15) is 0 Å². The molecule has 0 unspecified atom stereocenters. The van der Waals surface area contributed by atoms with Crippen LogP contribution in [0.5, 0.6) is 0 Å². The third-order valence-electron chi connectivity index (χ3n) is 4.01. The average Bonchev–Trinajstić information content (AvgIpc) is 2.50. The van der Waals surface area contributed by atoms with Crippen LogP contribution >= 0.6 is 0 Å². The van der Waals surface area contributed by atoms with Gasteiger partial charge in [0.25, 0.3) is 0 Å². The van der Waals surface area contributed by atoms with E-state index >= 15 is 0 Å². The first-order chi connectivity index (χ1) is 11.2. The van der Waals surface area contributed by atoms with E-state index in [1.165, 1.54) is 70.6 Å². The maximum Gasteiger partial charge on any atom is 0.306 e. The summed E-state index contributed by atoms with van der Waals surface area (Å²) in [6.07, 6.45) is 22.0. The van der Waals surface area contributed by atoms with E-state index in [-0.39, 0.29) is 41.6 Å². The number of hydrogen-bond donors (Lipinski definition) is 0. The van der Waals surface area contributed by atoms with Crippen molar-refractivity contribution in [2.75, 3.05) is 0 Å². The van der Waals surface area contributed by atoms with Gasteiger partial charge >= 0.3 is 5.97 Å². The molecule has 0 rings (SSSR count). The zero-order valence-electron chi connectivity index (χ0n) is 16.9. The van der Waals surface area contributed by atoms with Crippen LogP contribution in [-0.4, -0.2) is 41.6 Å². The van der Waals surface area contributed by atoms with E-state index in [2.05, 4.69) is 19.1 Å². The van der Waals surface area contributed by atoms with Crippen molar-refractivity contribution >= 4 is 35.5 Å². The van der Waals surface area contributed by atoms with Crippen LogP contribution in [0.15, 0.2) is 12.2 Å². The third-order valence-corrected chi connectivity index (χ3v) is 4.01. The molecule has 0 aromatic heterocycles. The summed E-state index contributed by atoms with van der Waals surface area (Å²) in [4.78, 5) is 11.4. The van der Waals surface area contributed by atoms with Crippen molar-refractivity contribution in [3.8, 4) is 0 Å². The normalized spacial score (nSPS) is 11.0. The van der Waals surface area contributed by atoms with Crippen molar-refractivity contribution in [3.63, 3.8) is 0 Å². The number of ether oxygens (including phenoxy) is 1. The van der Waals surface area contributed by atoms with Gasteiger partial charge in [-0.05, 0) is 46.0 Å². The van der Waals surface area contributed by atoms with Gasteiger partial charge in [0.15, 0.2) is 0 Å². The molecule has 2 nitrogen and oxygen atoms in total. The molecular weight excluding hydrogens is 307 g/mol. The van der Waals surface area contributed by atoms with Gasteiger partial charge in [-0.3, -0.25) is 4.79 Å². The number of carbonyl (C=O) groups excluding carboxylic acids is 1. The Kier molecular flexibility index (Phi) is 23.4. The Bertz CT molecular complexity index is 288. The van der Waals surface area contributed by atoms with Crippen molar-refractivity contribution in [2.45, 2.75) is 117 Å². The van der Waals surface area contributed by atoms with Crippen molar-refractivity contribution in [1.82, 2.24) is 0 Å². The molecule has 137 valence electrons. The summed E-state index contributed by atoms with van der Waals surface area (Å²) >= 11 is 0. The summed E-state index contributed by atoms with van der Waals surface area (Å²) in [5.41, 5.74) is 0. The first kappa shape index (κ1) is 26.4. The summed E-state index contributed by atoms with van der Waals surface area (Å²) in [6.45, 7) is 6.07. The van der Waals surface area contributed by atoms with Crippen LogP contribution in [0.4, 0.5) is 0 Å². The van der Waals surface area contributed by atoms with Crippen LogP contribution in [0.2, 0.25) is 0 Å². The second-order valence-electron chi connectivity index (χ2n) is 6.87. The van der Waals surface area contributed by atoms with Crippen LogP contribution < -0.4 is 0 Å². The largest absolute Gasteiger partial charge is 0.463 e. The molecule has 0 aromatic rings. The number of unbranched alkanes of at least 4 members (excludes halogenated alkanes) is 11. The van der Waals surface area contributed by atoms with Crippen LogP contribution in [0.3, 0.4) is 0 Å². The molecule has 0 aromatic carbocycles. The molecule has 3 heteroatoms. The molecule has 0 saturated heterocycles. The van der Waals surface area contributed by atoms with E-state index in [0.717, 1.165) is 12.8 Å². The van der Waals surface area contributed by atoms with Gasteiger partial charge in [-0.15, -0.1) is 0 Å². The molecule has 0 aliphatic rings. The van der Waals surface area contributed by atoms with Crippen LogP contribution in [-0.2, 0) is 9.53 Å². The topological polar surface area (TPSA) is 26.3 Å². The zero-order chi connectivity index (χ0) is 17.2. The molecular formula is C21H40NaO2. The molecule has 0 fully saturated rings. The quantitative estimate of drug-likeness (QED) is 0.136. The second-order valence-corrected chi connectivity index (χ2v) is 6.87. The Morgan fingerprint density at radius 3 is 1.75 bits per heavy atom. The van der Waals surface area contributed by atoms with Gasteiger partial charge in [-0.1, -0.05) is 70.4 Å². The monoisotopic (exact) mass is 347 g/mol. The summed E-state index contributed by atoms with van der Waals surface area (Å²) in [5.74, 6) is -0.0439. The Morgan fingerprint density at radius 1 is 0.792 bits per heavy atom. The smallest absolute Gasteiger partial charge is 0.306 e. The summed E-state index contributed by atoms with van der Waals surface area (Å²) in [5, 5.41) is 0. The Hall–Kier alpha value is 0.210. The number of allylic oxidation sites excluding steroid dienone is 2. The zero-order valence-corrected chi connectivity index (χ0v) is 18.9. The Labute approximate surface area is 173 Å². The Morgan fingerprint density at radius 2 is 1.25 bits per heavy atom. The summed E-state index contributed by atoms with van der Waals surface area (Å²) in [7, 11) is 0. The molecule has 0 N–H and O–H groups in total. The van der Waals surface area contributed by atoms with E-state index in [1.807, 2.05) is 13.8 Å². The summed E-state index contributed by atoms with van der Waals surface area (Å²) < 4.78 is 5.12. The number of rotatable bonds is 16. The van der Waals surface area contributed by atoms with Gasteiger partial charge in [0.05, 0.1) is 6.10 Å². The first-order valence-electron chi connectivity index (χ1n) is 10.0. The molecule has 0 aliphatic carbocycles. The maximum absolute atomic E-state index is 11.4. The SMILES string of the molecule is CCCCCCCCC=CCCCCCCCC(=O)OC(C)C.[Na]. The third kappa shape index (κ3) is 22.2. The molecule has 0 bridgehead atoms. The van der Waals surface area contributed by atoms with Crippen LogP contribution in [0.25, 0.3) is 0 Å². The van der Waals surface area contributed by atoms with E-state index < -0.39 is 0 Å². The summed E-state index contributed by atoms with van der Waals surface area (Å²) in [6, 6.07) is 0. The molecule has 0 saturated carbocycles. The van der Waals surface area contributed by atoms with Gasteiger partial charge < -0.3 is 4.74 Å². The maximum atomic E-state index is 11.4. The fourth-order valence-electron chi connectivity index (χ4n) is 2.66. The molecule has 0 amide bonds. The van der Waals surface area contributed by atoms with Crippen LogP contribution in [0.1, 0.15) is 111 Å². The number of carbonyl (C=O) groups is 1. The number of esters is 1. The average molecular weight is 348 g/mol. The standard InChI is InChI=1S/C21H40O2.Na/c1-4-5-6-7-8-9-10-11-12-13-14-15-16-17-18-19-21(22)23-20(2)3;/h11-12,20H,4-10,13-19H2,1-3H3;. The van der Waals surface area contributed by atoms with E-state index in [0.29, 0.717) is 6.42 Å². The minimum atomic E-state index is -0.0439. The predicted molar refractivity (Wildman–Crippen MR) is 106 cm³/mol. The minimum absolute atomic E-state index is 0. The van der Waals surface area contributed by atoms with Crippen molar-refractivity contribution in [1.29, 1.82) is 0 Å². The van der Waals surface area contributed by atoms with E-state index in [4.69, 9.17) is 4.74 Å². The number of hydrogen-bond acceptors (Lipinski definition) is 2.